The van der Waals surface area contributed by atoms with E-state index < -0.39 is 12.1 Å². The highest BCUT2D eigenvalue weighted by atomic mass is 16.2. The number of rotatable bonds is 4. The van der Waals surface area contributed by atoms with Crippen LogP contribution in [-0.2, 0) is 4.79 Å². The third-order valence-corrected chi connectivity index (χ3v) is 2.85. The third-order valence-electron chi connectivity index (χ3n) is 2.85. The number of nitrogens with one attached hydrogen (secondary N) is 2. The number of carbonyl (C=O) groups is 2. The van der Waals surface area contributed by atoms with Crippen LogP contribution in [0.5, 0.6) is 0 Å². The van der Waals surface area contributed by atoms with Gasteiger partial charge in [0.25, 0.3) is 0 Å². The number of nitrogens with two attached hydrogens (primary N) is 1. The number of hydrogen-bond acceptors (Lipinski definition) is 3. The molecule has 0 bridgehead atoms. The number of hydrogen-bond donors (Lipinski definition) is 3. The van der Waals surface area contributed by atoms with Crippen LogP contribution in [0.25, 0.3) is 0 Å². The fraction of sp³-hybridized carbons (Fsp3) is 0.429. The van der Waals surface area contributed by atoms with Crippen LogP contribution in [0, 0.1) is 0 Å². The number of carbonyl (C=O) groups excluding carboxylic acids is 2. The second-order valence-electron chi connectivity index (χ2n) is 4.96. The van der Waals surface area contributed by atoms with Crippen LogP contribution < -0.4 is 16.4 Å². The van der Waals surface area contributed by atoms with E-state index in [0.717, 1.165) is 5.56 Å². The summed E-state index contributed by atoms with van der Waals surface area (Å²) >= 11 is 0. The summed E-state index contributed by atoms with van der Waals surface area (Å²) in [4.78, 5) is 24.8. The lowest BCUT2D eigenvalue weighted by atomic mass is 10.1. The van der Waals surface area contributed by atoms with Crippen molar-refractivity contribution in [1.82, 2.24) is 10.2 Å². The van der Waals surface area contributed by atoms with Crippen molar-refractivity contribution in [3.05, 3.63) is 29.8 Å². The zero-order valence-electron chi connectivity index (χ0n) is 12.3. The van der Waals surface area contributed by atoms with E-state index in [1.54, 1.807) is 33.2 Å². The van der Waals surface area contributed by atoms with Gasteiger partial charge >= 0.3 is 6.03 Å². The van der Waals surface area contributed by atoms with Crippen LogP contribution in [0.4, 0.5) is 10.5 Å². The molecule has 0 aliphatic rings. The van der Waals surface area contributed by atoms with Crippen molar-refractivity contribution in [2.45, 2.75) is 25.9 Å². The van der Waals surface area contributed by atoms with Gasteiger partial charge in [-0.2, -0.15) is 0 Å². The molecule has 1 aromatic carbocycles. The number of amides is 3. The fourth-order valence-corrected chi connectivity index (χ4v) is 1.68. The largest absolute Gasteiger partial charge is 0.347 e. The Balaban J connectivity index is 2.56. The summed E-state index contributed by atoms with van der Waals surface area (Å²) in [5, 5.41) is 5.25. The lowest BCUT2D eigenvalue weighted by Crippen LogP contribution is -2.45. The van der Waals surface area contributed by atoms with Crippen LogP contribution in [-0.4, -0.2) is 37.0 Å². The van der Waals surface area contributed by atoms with E-state index in [-0.39, 0.29) is 11.9 Å². The minimum Gasteiger partial charge on any atom is -0.347 e. The fourth-order valence-electron chi connectivity index (χ4n) is 1.68. The Morgan fingerprint density at radius 2 is 1.70 bits per heavy atom. The first kappa shape index (κ1) is 16.0. The van der Waals surface area contributed by atoms with Crippen LogP contribution in [0.15, 0.2) is 24.3 Å². The Morgan fingerprint density at radius 3 is 2.15 bits per heavy atom. The van der Waals surface area contributed by atoms with Gasteiger partial charge < -0.3 is 21.3 Å². The number of nitrogens with zero attached hydrogens (tertiary/aromatic N) is 1. The number of anilines is 1. The monoisotopic (exact) mass is 278 g/mol. The van der Waals surface area contributed by atoms with E-state index in [0.29, 0.717) is 5.69 Å². The standard InChI is InChI=1S/C14H22N4O2/c1-9(15)11-5-7-12(8-6-11)17-14(20)16-10(2)13(19)18(3)4/h5-10H,15H2,1-4H3,(H2,16,17,20). The molecule has 0 saturated carbocycles. The lowest BCUT2D eigenvalue weighted by Gasteiger charge is -2.18. The molecule has 2 atom stereocenters. The highest BCUT2D eigenvalue weighted by molar-refractivity contribution is 5.93. The molecule has 0 fully saturated rings. The maximum absolute atomic E-state index is 11.8. The molecule has 6 nitrogen and oxygen atoms in total. The van der Waals surface area contributed by atoms with Crippen molar-refractivity contribution in [3.63, 3.8) is 0 Å². The summed E-state index contributed by atoms with van der Waals surface area (Å²) in [6.45, 7) is 3.53. The molecule has 3 amide bonds. The molecule has 0 heterocycles. The highest BCUT2D eigenvalue weighted by Crippen LogP contribution is 2.13. The van der Waals surface area contributed by atoms with E-state index in [1.807, 2.05) is 19.1 Å². The Bertz CT molecular complexity index is 469. The summed E-state index contributed by atoms with van der Waals surface area (Å²) in [5.74, 6) is -0.160. The molecule has 2 unspecified atom stereocenters. The molecule has 0 spiro atoms. The van der Waals surface area contributed by atoms with Crippen LogP contribution in [0.1, 0.15) is 25.5 Å². The van der Waals surface area contributed by atoms with Crippen LogP contribution in [0.2, 0.25) is 0 Å². The number of likely N-dealkylation sites (N-methyl/N-ethyl adjacent to an activating group) is 1. The van der Waals surface area contributed by atoms with E-state index >= 15 is 0 Å². The Hall–Kier alpha value is -2.08. The van der Waals surface area contributed by atoms with Crippen LogP contribution >= 0.6 is 0 Å². The van der Waals surface area contributed by atoms with E-state index in [1.165, 1.54) is 4.90 Å². The first-order valence-corrected chi connectivity index (χ1v) is 6.45. The SMILES string of the molecule is CC(NC(=O)Nc1ccc(C(C)N)cc1)C(=O)N(C)C. The number of benzene rings is 1. The highest BCUT2D eigenvalue weighted by Gasteiger charge is 2.16. The van der Waals surface area contributed by atoms with Gasteiger partial charge in [0.15, 0.2) is 0 Å². The van der Waals surface area contributed by atoms with Crippen molar-refractivity contribution in [2.24, 2.45) is 5.73 Å². The maximum Gasteiger partial charge on any atom is 0.319 e. The molecule has 110 valence electrons. The normalized spacial score (nSPS) is 13.2. The van der Waals surface area contributed by atoms with E-state index in [9.17, 15) is 9.59 Å². The van der Waals surface area contributed by atoms with E-state index in [2.05, 4.69) is 10.6 Å². The summed E-state index contributed by atoms with van der Waals surface area (Å²) in [6, 6.07) is 6.22. The molecule has 6 heteroatoms. The van der Waals surface area contributed by atoms with Gasteiger partial charge in [-0.05, 0) is 31.5 Å². The van der Waals surface area contributed by atoms with Gasteiger partial charge in [0.2, 0.25) is 5.91 Å². The van der Waals surface area contributed by atoms with Gasteiger partial charge in [0.05, 0.1) is 0 Å². The summed E-state index contributed by atoms with van der Waals surface area (Å²) in [6.07, 6.45) is 0. The third kappa shape index (κ3) is 4.55. The van der Waals surface area contributed by atoms with Crippen molar-refractivity contribution in [3.8, 4) is 0 Å². The minimum absolute atomic E-state index is 0.0457. The predicted molar refractivity (Wildman–Crippen MR) is 79.4 cm³/mol. The Labute approximate surface area is 119 Å². The molecular formula is C14H22N4O2. The lowest BCUT2D eigenvalue weighted by molar-refractivity contribution is -0.130. The summed E-state index contributed by atoms with van der Waals surface area (Å²) < 4.78 is 0. The molecule has 4 N–H and O–H groups in total. The second kappa shape index (κ2) is 6.91. The zero-order valence-corrected chi connectivity index (χ0v) is 12.3. The van der Waals surface area contributed by atoms with Gasteiger partial charge in [0.1, 0.15) is 6.04 Å². The van der Waals surface area contributed by atoms with Crippen molar-refractivity contribution < 1.29 is 9.59 Å². The van der Waals surface area contributed by atoms with Crippen LogP contribution in [0.3, 0.4) is 0 Å². The zero-order chi connectivity index (χ0) is 15.3. The van der Waals surface area contributed by atoms with E-state index in [4.69, 9.17) is 5.73 Å². The second-order valence-corrected chi connectivity index (χ2v) is 4.96. The molecule has 0 saturated heterocycles. The maximum atomic E-state index is 11.8. The molecule has 0 aliphatic heterocycles. The summed E-state index contributed by atoms with van der Waals surface area (Å²) in [5.41, 5.74) is 7.39. The van der Waals surface area contributed by atoms with Crippen molar-refractivity contribution in [1.29, 1.82) is 0 Å². The predicted octanol–water partition coefficient (Wildman–Crippen LogP) is 1.30. The smallest absolute Gasteiger partial charge is 0.319 e. The van der Waals surface area contributed by atoms with Crippen molar-refractivity contribution in [2.75, 3.05) is 19.4 Å². The molecule has 0 aromatic heterocycles. The minimum atomic E-state index is -0.576. The first-order chi connectivity index (χ1) is 9.31. The first-order valence-electron chi connectivity index (χ1n) is 6.45. The van der Waals surface area contributed by atoms with Gasteiger partial charge in [-0.1, -0.05) is 12.1 Å². The molecule has 1 rings (SSSR count). The van der Waals surface area contributed by atoms with Gasteiger partial charge in [-0.15, -0.1) is 0 Å². The molecule has 0 aliphatic carbocycles. The molecule has 20 heavy (non-hydrogen) atoms. The topological polar surface area (TPSA) is 87.5 Å². The van der Waals surface area contributed by atoms with Gasteiger partial charge in [-0.3, -0.25) is 4.79 Å². The Kier molecular flexibility index (Phi) is 5.52. The summed E-state index contributed by atoms with van der Waals surface area (Å²) in [7, 11) is 3.29. The Morgan fingerprint density at radius 1 is 1.15 bits per heavy atom. The molecular weight excluding hydrogens is 256 g/mol. The molecule has 0 radical (unpaired) electrons. The van der Waals surface area contributed by atoms with Crippen molar-refractivity contribution >= 4 is 17.6 Å². The number of urea groups is 1. The molecule has 1 aromatic rings. The quantitative estimate of drug-likeness (QED) is 0.776. The average molecular weight is 278 g/mol. The van der Waals surface area contributed by atoms with Gasteiger partial charge in [0, 0.05) is 25.8 Å². The average Bonchev–Trinajstić information content (AvgIpc) is 2.37. The van der Waals surface area contributed by atoms with Gasteiger partial charge in [-0.25, -0.2) is 4.79 Å².